The Morgan fingerprint density at radius 1 is 0.944 bits per heavy atom. The van der Waals surface area contributed by atoms with E-state index in [1.54, 1.807) is 74.1 Å². The molecule has 1 heterocycles. The normalized spacial score (nSPS) is 11.3. The van der Waals surface area contributed by atoms with E-state index < -0.39 is 28.0 Å². The van der Waals surface area contributed by atoms with Crippen LogP contribution in [0, 0.1) is 13.8 Å². The summed E-state index contributed by atoms with van der Waals surface area (Å²) in [5, 5.41) is 3.00. The summed E-state index contributed by atoms with van der Waals surface area (Å²) in [5.74, 6) is -0.667. The molecule has 0 radical (unpaired) electrons. The smallest absolute Gasteiger partial charge is 0.295 e. The number of amides is 1. The lowest BCUT2D eigenvalue weighted by molar-refractivity contribution is -0.114. The zero-order valence-electron chi connectivity index (χ0n) is 20.0. The molecule has 1 N–H and O–H groups in total. The molecule has 0 spiro atoms. The second kappa shape index (κ2) is 10.0. The van der Waals surface area contributed by atoms with Crippen molar-refractivity contribution in [2.45, 2.75) is 18.7 Å². The van der Waals surface area contributed by atoms with Gasteiger partial charge in [0, 0.05) is 12.1 Å². The van der Waals surface area contributed by atoms with Gasteiger partial charge in [0.15, 0.2) is 0 Å². The first kappa shape index (κ1) is 25.3. The predicted molar refractivity (Wildman–Crippen MR) is 142 cm³/mol. The largest absolute Gasteiger partial charge is 0.318 e. The highest BCUT2D eigenvalue weighted by atomic mass is 35.5. The second-order valence-corrected chi connectivity index (χ2v) is 10.5. The molecule has 1 aromatic heterocycles. The minimum absolute atomic E-state index is 0.0273. The van der Waals surface area contributed by atoms with Crippen molar-refractivity contribution in [3.8, 4) is 5.69 Å². The summed E-state index contributed by atoms with van der Waals surface area (Å²) in [4.78, 5) is 26.4. The summed E-state index contributed by atoms with van der Waals surface area (Å²) in [6, 6.07) is 21.7. The Kier molecular flexibility index (Phi) is 7.05. The van der Waals surface area contributed by atoms with Gasteiger partial charge >= 0.3 is 0 Å². The van der Waals surface area contributed by atoms with Crippen LogP contribution in [0.5, 0.6) is 0 Å². The SMILES string of the molecule is Cc1c(Cl)cccc1N(CC(=O)Nc1c(C)n(C)n(-c2ccccc2)c1=O)S(=O)(=O)c1ccccc1. The highest BCUT2D eigenvalue weighted by molar-refractivity contribution is 7.92. The maximum absolute atomic E-state index is 13.6. The van der Waals surface area contributed by atoms with E-state index in [9.17, 15) is 18.0 Å². The van der Waals surface area contributed by atoms with Gasteiger partial charge in [0.25, 0.3) is 15.6 Å². The van der Waals surface area contributed by atoms with Crippen molar-refractivity contribution in [3.05, 3.63) is 105 Å². The highest BCUT2D eigenvalue weighted by Crippen LogP contribution is 2.31. The third kappa shape index (κ3) is 4.67. The summed E-state index contributed by atoms with van der Waals surface area (Å²) < 4.78 is 31.3. The number of sulfonamides is 1. The van der Waals surface area contributed by atoms with E-state index in [0.717, 1.165) is 4.31 Å². The standard InChI is InChI=1S/C26H25ClN4O4S/c1-18-22(27)15-10-16-23(18)30(36(34,35)21-13-8-5-9-14-21)17-24(32)28-25-19(2)29(3)31(26(25)33)20-11-6-4-7-12-20/h4-16H,17H2,1-3H3,(H,28,32). The number of nitrogens with zero attached hydrogens (tertiary/aromatic N) is 3. The maximum Gasteiger partial charge on any atom is 0.295 e. The lowest BCUT2D eigenvalue weighted by Gasteiger charge is -2.26. The van der Waals surface area contributed by atoms with Gasteiger partial charge in [-0.3, -0.25) is 18.6 Å². The fourth-order valence-electron chi connectivity index (χ4n) is 3.91. The second-order valence-electron chi connectivity index (χ2n) is 8.19. The van der Waals surface area contributed by atoms with Gasteiger partial charge in [-0.2, -0.15) is 0 Å². The van der Waals surface area contributed by atoms with Crippen LogP contribution in [0.15, 0.2) is 88.6 Å². The Morgan fingerprint density at radius 3 is 2.19 bits per heavy atom. The fourth-order valence-corrected chi connectivity index (χ4v) is 5.58. The van der Waals surface area contributed by atoms with Crippen molar-refractivity contribution in [1.29, 1.82) is 0 Å². The summed E-state index contributed by atoms with van der Waals surface area (Å²) >= 11 is 6.27. The minimum Gasteiger partial charge on any atom is -0.318 e. The van der Waals surface area contributed by atoms with Gasteiger partial charge in [0.05, 0.1) is 22.0 Å². The molecular formula is C26H25ClN4O4S. The molecular weight excluding hydrogens is 500 g/mol. The van der Waals surface area contributed by atoms with E-state index in [1.807, 2.05) is 18.2 Å². The number of benzene rings is 3. The van der Waals surface area contributed by atoms with Crippen molar-refractivity contribution < 1.29 is 13.2 Å². The number of nitrogens with one attached hydrogen (secondary N) is 1. The van der Waals surface area contributed by atoms with Gasteiger partial charge in [-0.1, -0.05) is 54.1 Å². The Labute approximate surface area is 214 Å². The Bertz CT molecular complexity index is 1580. The molecule has 186 valence electrons. The van der Waals surface area contributed by atoms with Crippen LogP contribution in [0.2, 0.25) is 5.02 Å². The van der Waals surface area contributed by atoms with E-state index in [0.29, 0.717) is 22.0 Å². The van der Waals surface area contributed by atoms with Gasteiger partial charge in [-0.05, 0) is 55.8 Å². The summed E-state index contributed by atoms with van der Waals surface area (Å²) in [5.41, 5.74) is 1.59. The number of anilines is 2. The zero-order valence-corrected chi connectivity index (χ0v) is 21.5. The number of para-hydroxylation sites is 1. The van der Waals surface area contributed by atoms with Crippen LogP contribution in [-0.2, 0) is 21.9 Å². The maximum atomic E-state index is 13.6. The quantitative estimate of drug-likeness (QED) is 0.390. The molecule has 0 aliphatic heterocycles. The van der Waals surface area contributed by atoms with Crippen molar-refractivity contribution in [1.82, 2.24) is 9.36 Å². The highest BCUT2D eigenvalue weighted by Gasteiger charge is 2.29. The van der Waals surface area contributed by atoms with Gasteiger partial charge in [0.2, 0.25) is 5.91 Å². The molecule has 10 heteroatoms. The number of carbonyl (C=O) groups is 1. The van der Waals surface area contributed by atoms with Crippen molar-refractivity contribution >= 4 is 38.9 Å². The van der Waals surface area contributed by atoms with Gasteiger partial charge in [0.1, 0.15) is 12.2 Å². The molecule has 0 fully saturated rings. The molecule has 8 nitrogen and oxygen atoms in total. The van der Waals surface area contributed by atoms with E-state index in [1.165, 1.54) is 16.8 Å². The lowest BCUT2D eigenvalue weighted by atomic mass is 10.2. The molecule has 0 unspecified atom stereocenters. The van der Waals surface area contributed by atoms with E-state index >= 15 is 0 Å². The molecule has 0 bridgehead atoms. The van der Waals surface area contributed by atoms with Crippen molar-refractivity contribution in [2.75, 3.05) is 16.2 Å². The Balaban J connectivity index is 1.72. The predicted octanol–water partition coefficient (Wildman–Crippen LogP) is 4.28. The van der Waals surface area contributed by atoms with Gasteiger partial charge in [-0.15, -0.1) is 0 Å². The zero-order chi connectivity index (χ0) is 26.0. The summed E-state index contributed by atoms with van der Waals surface area (Å²) in [6.45, 7) is 2.83. The molecule has 0 saturated heterocycles. The van der Waals surface area contributed by atoms with Crippen LogP contribution >= 0.6 is 11.6 Å². The Hall–Kier alpha value is -3.82. The number of aromatic nitrogens is 2. The molecule has 4 aromatic rings. The average molecular weight is 525 g/mol. The molecule has 1 amide bonds. The first-order chi connectivity index (χ1) is 17.1. The van der Waals surface area contributed by atoms with Crippen LogP contribution in [0.3, 0.4) is 0 Å². The molecule has 3 aromatic carbocycles. The number of hydrogen-bond donors (Lipinski definition) is 1. The molecule has 0 aliphatic rings. The number of rotatable bonds is 7. The van der Waals surface area contributed by atoms with Crippen LogP contribution in [-0.4, -0.2) is 30.2 Å². The number of halogens is 1. The van der Waals surface area contributed by atoms with Crippen LogP contribution in [0.25, 0.3) is 5.69 Å². The topological polar surface area (TPSA) is 93.4 Å². The van der Waals surface area contributed by atoms with Crippen LogP contribution < -0.4 is 15.2 Å². The first-order valence-electron chi connectivity index (χ1n) is 11.1. The minimum atomic E-state index is -4.12. The summed E-state index contributed by atoms with van der Waals surface area (Å²) in [6.07, 6.45) is 0. The Morgan fingerprint density at radius 2 is 1.56 bits per heavy atom. The fraction of sp³-hybridized carbons (Fsp3) is 0.154. The number of carbonyl (C=O) groups excluding carboxylic acids is 1. The van der Waals surface area contributed by atoms with Crippen molar-refractivity contribution in [3.63, 3.8) is 0 Å². The molecule has 4 rings (SSSR count). The molecule has 0 aliphatic carbocycles. The van der Waals surface area contributed by atoms with Crippen LogP contribution in [0.1, 0.15) is 11.3 Å². The van der Waals surface area contributed by atoms with Gasteiger partial charge < -0.3 is 5.32 Å². The molecule has 36 heavy (non-hydrogen) atoms. The molecule has 0 atom stereocenters. The van der Waals surface area contributed by atoms with E-state index in [2.05, 4.69) is 5.32 Å². The first-order valence-corrected chi connectivity index (χ1v) is 12.9. The summed E-state index contributed by atoms with van der Waals surface area (Å²) in [7, 11) is -2.41. The average Bonchev–Trinajstić information content (AvgIpc) is 3.08. The van der Waals surface area contributed by atoms with Gasteiger partial charge in [-0.25, -0.2) is 13.1 Å². The third-order valence-electron chi connectivity index (χ3n) is 5.94. The van der Waals surface area contributed by atoms with Crippen molar-refractivity contribution in [2.24, 2.45) is 7.05 Å². The third-order valence-corrected chi connectivity index (χ3v) is 8.13. The molecule has 0 saturated carbocycles. The van der Waals surface area contributed by atoms with E-state index in [4.69, 9.17) is 11.6 Å². The monoisotopic (exact) mass is 524 g/mol. The lowest BCUT2D eigenvalue weighted by Crippen LogP contribution is -2.39. The van der Waals surface area contributed by atoms with E-state index in [-0.39, 0.29) is 16.3 Å². The number of hydrogen-bond acceptors (Lipinski definition) is 4. The van der Waals surface area contributed by atoms with Crippen LogP contribution in [0.4, 0.5) is 11.4 Å².